The molecule has 7 heteroatoms. The topological polar surface area (TPSA) is 92.1 Å². The monoisotopic (exact) mass is 403 g/mol. The summed E-state index contributed by atoms with van der Waals surface area (Å²) in [6.07, 6.45) is 5.56. The van der Waals surface area contributed by atoms with Crippen LogP contribution >= 0.6 is 0 Å². The maximum atomic E-state index is 10.9. The minimum Gasteiger partial charge on any atom is -0.476 e. The molecular weight excluding hydrogens is 378 g/mol. The average molecular weight is 403 g/mol. The Kier molecular flexibility index (Phi) is 5.70. The second-order valence-electron chi connectivity index (χ2n) is 7.77. The molecule has 1 aromatic carbocycles. The van der Waals surface area contributed by atoms with E-state index in [1.165, 1.54) is 29.1 Å². The Hall–Kier alpha value is -3.35. The van der Waals surface area contributed by atoms with Gasteiger partial charge in [-0.25, -0.2) is 14.8 Å². The Labute approximate surface area is 175 Å². The summed E-state index contributed by atoms with van der Waals surface area (Å²) in [6.45, 7) is 5.95. The number of carboxylic acids is 1. The van der Waals surface area contributed by atoms with Crippen LogP contribution in [0.25, 0.3) is 0 Å². The Bertz CT molecular complexity index is 1030. The number of piperidine rings is 1. The lowest BCUT2D eigenvalue weighted by Gasteiger charge is -2.33. The summed E-state index contributed by atoms with van der Waals surface area (Å²) in [5, 5.41) is 18.2. The van der Waals surface area contributed by atoms with E-state index in [0.29, 0.717) is 5.92 Å². The first kappa shape index (κ1) is 19.9. The molecule has 1 aliphatic heterocycles. The highest BCUT2D eigenvalue weighted by Crippen LogP contribution is 2.31. The summed E-state index contributed by atoms with van der Waals surface area (Å²) < 4.78 is 0. The summed E-state index contributed by atoms with van der Waals surface area (Å²) in [6, 6.07) is 10.4. The molecule has 1 fully saturated rings. The molecule has 0 aliphatic carbocycles. The fraction of sp³-hybridized carbons (Fsp3) is 0.348. The number of carboxylic acid groups (broad SMARTS) is 1. The van der Waals surface area contributed by atoms with Crippen LogP contribution in [0.2, 0.25) is 0 Å². The van der Waals surface area contributed by atoms with Crippen LogP contribution in [-0.2, 0) is 6.42 Å². The van der Waals surface area contributed by atoms with E-state index in [1.807, 2.05) is 18.2 Å². The zero-order chi connectivity index (χ0) is 21.1. The molecule has 154 valence electrons. The number of aromatic nitrogens is 4. The zero-order valence-corrected chi connectivity index (χ0v) is 17.2. The maximum Gasteiger partial charge on any atom is 0.356 e. The van der Waals surface area contributed by atoms with Gasteiger partial charge in [0.25, 0.3) is 0 Å². The molecule has 3 heterocycles. The fourth-order valence-corrected chi connectivity index (χ4v) is 3.99. The maximum absolute atomic E-state index is 10.9. The fourth-order valence-electron chi connectivity index (χ4n) is 3.99. The Morgan fingerprint density at radius 1 is 1.03 bits per heavy atom. The van der Waals surface area contributed by atoms with Crippen LogP contribution in [0.5, 0.6) is 0 Å². The van der Waals surface area contributed by atoms with Crippen LogP contribution in [0.4, 0.5) is 5.82 Å². The summed E-state index contributed by atoms with van der Waals surface area (Å²) in [5.74, 6) is 0.0213. The van der Waals surface area contributed by atoms with Gasteiger partial charge in [0.2, 0.25) is 0 Å². The SMILES string of the molecule is Cc1c(Cc2ccccc2)nnc(C2CCN(c3cnc(C(=O)O)cn3)CC2)c1C. The molecule has 1 saturated heterocycles. The van der Waals surface area contributed by atoms with Gasteiger partial charge in [-0.05, 0) is 43.4 Å². The molecule has 0 bridgehead atoms. The van der Waals surface area contributed by atoms with Crippen molar-refractivity contribution in [2.45, 2.75) is 39.0 Å². The van der Waals surface area contributed by atoms with Crippen molar-refractivity contribution < 1.29 is 9.90 Å². The normalized spacial score (nSPS) is 14.7. The van der Waals surface area contributed by atoms with Crippen LogP contribution < -0.4 is 4.90 Å². The summed E-state index contributed by atoms with van der Waals surface area (Å²) in [4.78, 5) is 21.3. The van der Waals surface area contributed by atoms with Crippen LogP contribution in [0.15, 0.2) is 42.7 Å². The lowest BCUT2D eigenvalue weighted by atomic mass is 9.89. The lowest BCUT2D eigenvalue weighted by molar-refractivity contribution is 0.0690. The molecule has 0 unspecified atom stereocenters. The molecule has 1 aliphatic rings. The molecule has 0 spiro atoms. The standard InChI is InChI=1S/C23H25N5O2/c1-15-16(2)22(27-26-19(15)12-17-6-4-3-5-7-17)18-8-10-28(11-9-18)21-14-24-20(13-25-21)23(29)30/h3-7,13-14,18H,8-12H2,1-2H3,(H,29,30). The molecule has 0 amide bonds. The molecule has 7 nitrogen and oxygen atoms in total. The third-order valence-electron chi connectivity index (χ3n) is 5.94. The van der Waals surface area contributed by atoms with Crippen molar-refractivity contribution in [3.05, 3.63) is 76.5 Å². The van der Waals surface area contributed by atoms with Gasteiger partial charge in [0.05, 0.1) is 23.8 Å². The number of benzene rings is 1. The number of carbonyl (C=O) groups is 1. The molecule has 0 atom stereocenters. The van der Waals surface area contributed by atoms with Crippen molar-refractivity contribution in [3.63, 3.8) is 0 Å². The number of hydrogen-bond donors (Lipinski definition) is 1. The molecule has 4 rings (SSSR count). The molecule has 0 saturated carbocycles. The number of aromatic carboxylic acids is 1. The predicted molar refractivity (Wildman–Crippen MR) is 114 cm³/mol. The Morgan fingerprint density at radius 3 is 2.40 bits per heavy atom. The van der Waals surface area contributed by atoms with E-state index in [4.69, 9.17) is 5.11 Å². The highest BCUT2D eigenvalue weighted by atomic mass is 16.4. The Morgan fingerprint density at radius 2 is 1.77 bits per heavy atom. The van der Waals surface area contributed by atoms with Gasteiger partial charge in [-0.3, -0.25) is 0 Å². The van der Waals surface area contributed by atoms with Crippen LogP contribution in [0.3, 0.4) is 0 Å². The average Bonchev–Trinajstić information content (AvgIpc) is 2.78. The number of nitrogens with zero attached hydrogens (tertiary/aromatic N) is 5. The second-order valence-corrected chi connectivity index (χ2v) is 7.77. The van der Waals surface area contributed by atoms with E-state index < -0.39 is 5.97 Å². The highest BCUT2D eigenvalue weighted by molar-refractivity contribution is 5.84. The summed E-state index contributed by atoms with van der Waals surface area (Å²) in [7, 11) is 0. The minimum atomic E-state index is -1.06. The Balaban J connectivity index is 1.44. The van der Waals surface area contributed by atoms with E-state index >= 15 is 0 Å². The van der Waals surface area contributed by atoms with Crippen molar-refractivity contribution in [2.24, 2.45) is 0 Å². The van der Waals surface area contributed by atoms with Crippen molar-refractivity contribution in [1.29, 1.82) is 0 Å². The first-order valence-electron chi connectivity index (χ1n) is 10.2. The first-order chi connectivity index (χ1) is 14.5. The summed E-state index contributed by atoms with van der Waals surface area (Å²) >= 11 is 0. The molecular formula is C23H25N5O2. The van der Waals surface area contributed by atoms with E-state index in [2.05, 4.69) is 51.0 Å². The zero-order valence-electron chi connectivity index (χ0n) is 17.2. The third-order valence-corrected chi connectivity index (χ3v) is 5.94. The summed E-state index contributed by atoms with van der Waals surface area (Å²) in [5.41, 5.74) is 5.79. The van der Waals surface area contributed by atoms with Crippen LogP contribution in [0, 0.1) is 13.8 Å². The van der Waals surface area contributed by atoms with Gasteiger partial charge >= 0.3 is 5.97 Å². The predicted octanol–water partition coefficient (Wildman–Crippen LogP) is 3.56. The molecule has 30 heavy (non-hydrogen) atoms. The smallest absolute Gasteiger partial charge is 0.356 e. The third kappa shape index (κ3) is 4.15. The van der Waals surface area contributed by atoms with E-state index in [9.17, 15) is 4.79 Å². The van der Waals surface area contributed by atoms with E-state index in [1.54, 1.807) is 0 Å². The second kappa shape index (κ2) is 8.57. The van der Waals surface area contributed by atoms with Crippen molar-refractivity contribution in [2.75, 3.05) is 18.0 Å². The van der Waals surface area contributed by atoms with Gasteiger partial charge in [0, 0.05) is 25.4 Å². The molecule has 2 aromatic heterocycles. The van der Waals surface area contributed by atoms with Gasteiger partial charge in [-0.2, -0.15) is 10.2 Å². The number of anilines is 1. The van der Waals surface area contributed by atoms with Gasteiger partial charge in [0.1, 0.15) is 5.82 Å². The highest BCUT2D eigenvalue weighted by Gasteiger charge is 2.25. The van der Waals surface area contributed by atoms with Gasteiger partial charge in [0.15, 0.2) is 5.69 Å². The van der Waals surface area contributed by atoms with Crippen LogP contribution in [0.1, 0.15) is 57.3 Å². The quantitative estimate of drug-likeness (QED) is 0.696. The molecule has 0 radical (unpaired) electrons. The van der Waals surface area contributed by atoms with Gasteiger partial charge in [-0.15, -0.1) is 0 Å². The number of hydrogen-bond acceptors (Lipinski definition) is 6. The van der Waals surface area contributed by atoms with Gasteiger partial charge < -0.3 is 10.0 Å². The van der Waals surface area contributed by atoms with Crippen molar-refractivity contribution in [3.8, 4) is 0 Å². The van der Waals surface area contributed by atoms with E-state index in [-0.39, 0.29) is 5.69 Å². The minimum absolute atomic E-state index is 0.0365. The van der Waals surface area contributed by atoms with E-state index in [0.717, 1.165) is 49.6 Å². The number of rotatable bonds is 5. The molecule has 3 aromatic rings. The molecule has 1 N–H and O–H groups in total. The lowest BCUT2D eigenvalue weighted by Crippen LogP contribution is -2.34. The first-order valence-corrected chi connectivity index (χ1v) is 10.2. The largest absolute Gasteiger partial charge is 0.476 e. The van der Waals surface area contributed by atoms with Crippen LogP contribution in [-0.4, -0.2) is 44.3 Å². The van der Waals surface area contributed by atoms with Gasteiger partial charge in [-0.1, -0.05) is 30.3 Å². The van der Waals surface area contributed by atoms with Crippen molar-refractivity contribution >= 4 is 11.8 Å². The van der Waals surface area contributed by atoms with Crippen molar-refractivity contribution in [1.82, 2.24) is 20.2 Å².